The molecule has 11 nitrogen and oxygen atoms in total. The average Bonchev–Trinajstić information content (AvgIpc) is 3.27. The molecule has 0 unspecified atom stereocenters. The number of pyridine rings is 1. The highest BCUT2D eigenvalue weighted by Gasteiger charge is 2.28. The first-order valence-corrected chi connectivity index (χ1v) is 12.3. The van der Waals surface area contributed by atoms with Crippen molar-refractivity contribution in [3.8, 4) is 0 Å². The minimum atomic E-state index is -0.819. The van der Waals surface area contributed by atoms with Crippen molar-refractivity contribution in [2.24, 2.45) is 0 Å². The van der Waals surface area contributed by atoms with Crippen molar-refractivity contribution in [2.45, 2.75) is 65.2 Å². The Morgan fingerprint density at radius 3 is 2.38 bits per heavy atom. The molecule has 2 heterocycles. The molecule has 0 spiro atoms. The summed E-state index contributed by atoms with van der Waals surface area (Å²) < 4.78 is 31.0. The van der Waals surface area contributed by atoms with E-state index >= 15 is 0 Å². The van der Waals surface area contributed by atoms with E-state index in [9.17, 15) is 18.8 Å². The quantitative estimate of drug-likeness (QED) is 0.411. The van der Waals surface area contributed by atoms with Crippen molar-refractivity contribution in [3.63, 3.8) is 0 Å². The number of fused-ring (bicyclic) bond motifs is 1. The Morgan fingerprint density at radius 1 is 1.03 bits per heavy atom. The number of hydrogen-bond donors (Lipinski definition) is 1. The van der Waals surface area contributed by atoms with E-state index < -0.39 is 41.3 Å². The first-order chi connectivity index (χ1) is 18.1. The number of carbonyl (C=O) groups excluding carboxylic acids is 3. The molecule has 3 aromatic rings. The van der Waals surface area contributed by atoms with Gasteiger partial charge >= 0.3 is 18.3 Å². The SMILES string of the molecule is CN(C(=O)OC(C)(C)C)[C@H](COC(=O)Nc1cc2cc(F)ccc2cn1)Cc1cn(C(=O)OC(C)(C)C)cn1. The Kier molecular flexibility index (Phi) is 8.78. The van der Waals surface area contributed by atoms with E-state index in [0.717, 1.165) is 0 Å². The summed E-state index contributed by atoms with van der Waals surface area (Å²) in [5.41, 5.74) is -0.965. The molecule has 0 bridgehead atoms. The number of ether oxygens (including phenoxy) is 3. The van der Waals surface area contributed by atoms with Crippen molar-refractivity contribution in [1.29, 1.82) is 0 Å². The number of hydrogen-bond acceptors (Lipinski definition) is 8. The Bertz CT molecular complexity index is 1340. The number of amides is 2. The molecule has 0 saturated heterocycles. The van der Waals surface area contributed by atoms with Gasteiger partial charge in [-0.1, -0.05) is 0 Å². The lowest BCUT2D eigenvalue weighted by Gasteiger charge is -2.30. The lowest BCUT2D eigenvalue weighted by Crippen LogP contribution is -2.44. The molecular formula is C27H34FN5O6. The molecule has 39 heavy (non-hydrogen) atoms. The molecule has 0 radical (unpaired) electrons. The van der Waals surface area contributed by atoms with Crippen LogP contribution in [0.4, 0.5) is 24.6 Å². The van der Waals surface area contributed by atoms with Gasteiger partial charge in [-0.25, -0.2) is 33.3 Å². The maximum Gasteiger partial charge on any atom is 0.419 e. The summed E-state index contributed by atoms with van der Waals surface area (Å²) in [5, 5.41) is 3.78. The fraction of sp³-hybridized carbons (Fsp3) is 0.444. The summed E-state index contributed by atoms with van der Waals surface area (Å²) in [7, 11) is 1.52. The topological polar surface area (TPSA) is 125 Å². The van der Waals surface area contributed by atoms with Crippen molar-refractivity contribution in [3.05, 3.63) is 54.5 Å². The minimum Gasteiger partial charge on any atom is -0.447 e. The van der Waals surface area contributed by atoms with E-state index in [2.05, 4.69) is 15.3 Å². The molecular weight excluding hydrogens is 509 g/mol. The van der Waals surface area contributed by atoms with Gasteiger partial charge in [-0.15, -0.1) is 0 Å². The largest absolute Gasteiger partial charge is 0.447 e. The van der Waals surface area contributed by atoms with Crippen LogP contribution in [0.15, 0.2) is 43.0 Å². The van der Waals surface area contributed by atoms with E-state index in [-0.39, 0.29) is 18.8 Å². The Morgan fingerprint density at radius 2 is 1.72 bits per heavy atom. The number of benzene rings is 1. The van der Waals surface area contributed by atoms with E-state index in [0.29, 0.717) is 16.5 Å². The molecule has 0 fully saturated rings. The second-order valence-corrected chi connectivity index (χ2v) is 11.0. The number of nitrogens with one attached hydrogen (secondary N) is 1. The molecule has 1 N–H and O–H groups in total. The van der Waals surface area contributed by atoms with E-state index in [1.807, 2.05) is 0 Å². The van der Waals surface area contributed by atoms with E-state index in [4.69, 9.17) is 14.2 Å². The Balaban J connectivity index is 1.71. The van der Waals surface area contributed by atoms with Crippen LogP contribution in [0.3, 0.4) is 0 Å². The molecule has 1 atom stereocenters. The van der Waals surface area contributed by atoms with Crippen LogP contribution in [0.1, 0.15) is 47.2 Å². The van der Waals surface area contributed by atoms with Gasteiger partial charge in [0.05, 0.1) is 11.7 Å². The van der Waals surface area contributed by atoms with Gasteiger partial charge in [-0.2, -0.15) is 0 Å². The summed E-state index contributed by atoms with van der Waals surface area (Å²) in [6.45, 7) is 10.3. The second kappa shape index (κ2) is 11.7. The van der Waals surface area contributed by atoms with Gasteiger partial charge in [-0.05, 0) is 71.2 Å². The van der Waals surface area contributed by atoms with Gasteiger partial charge in [0.25, 0.3) is 0 Å². The molecule has 2 amide bonds. The fourth-order valence-corrected chi connectivity index (χ4v) is 3.41. The second-order valence-electron chi connectivity index (χ2n) is 11.0. The van der Waals surface area contributed by atoms with E-state index in [1.165, 1.54) is 53.4 Å². The third kappa shape index (κ3) is 8.94. The standard InChI is InChI=1S/C27H34FN5O6/c1-26(2,3)38-24(35)32(7)21(12-20-14-33(16-30-20)25(36)39-27(4,5)6)15-37-23(34)31-22-11-18-10-19(28)9-8-17(18)13-29-22/h8-11,13-14,16,21H,12,15H2,1-7H3,(H,29,31,34)/t21-/m0/s1. The van der Waals surface area contributed by atoms with Crippen molar-refractivity contribution >= 4 is 34.9 Å². The highest BCUT2D eigenvalue weighted by molar-refractivity contribution is 5.89. The number of likely N-dealkylation sites (N-methyl/N-ethyl adjacent to an activating group) is 1. The van der Waals surface area contributed by atoms with Crippen LogP contribution in [-0.4, -0.2) is 68.6 Å². The van der Waals surface area contributed by atoms with Crippen LogP contribution in [0, 0.1) is 5.82 Å². The third-order valence-electron chi connectivity index (χ3n) is 5.24. The molecule has 210 valence electrons. The predicted molar refractivity (Wildman–Crippen MR) is 142 cm³/mol. The molecule has 0 saturated carbocycles. The molecule has 0 aliphatic heterocycles. The van der Waals surface area contributed by atoms with Crippen LogP contribution in [0.25, 0.3) is 10.8 Å². The van der Waals surface area contributed by atoms with Crippen LogP contribution in [0.2, 0.25) is 0 Å². The Hall–Kier alpha value is -4.22. The first-order valence-electron chi connectivity index (χ1n) is 12.3. The monoisotopic (exact) mass is 543 g/mol. The lowest BCUT2D eigenvalue weighted by molar-refractivity contribution is 0.0149. The number of anilines is 1. The molecule has 0 aliphatic rings. The lowest BCUT2D eigenvalue weighted by atomic mass is 10.1. The smallest absolute Gasteiger partial charge is 0.419 e. The maximum absolute atomic E-state index is 13.6. The van der Waals surface area contributed by atoms with Crippen molar-refractivity contribution in [1.82, 2.24) is 19.4 Å². The highest BCUT2D eigenvalue weighted by atomic mass is 19.1. The zero-order chi connectivity index (χ0) is 29.0. The molecule has 0 aliphatic carbocycles. The number of carbonyl (C=O) groups is 3. The zero-order valence-corrected chi connectivity index (χ0v) is 23.1. The molecule has 2 aromatic heterocycles. The molecule has 3 rings (SSSR count). The number of imidazole rings is 1. The molecule has 1 aromatic carbocycles. The highest BCUT2D eigenvalue weighted by Crippen LogP contribution is 2.19. The third-order valence-corrected chi connectivity index (χ3v) is 5.24. The summed E-state index contributed by atoms with van der Waals surface area (Å²) >= 11 is 0. The van der Waals surface area contributed by atoms with Gasteiger partial charge in [0.1, 0.15) is 35.8 Å². The first kappa shape index (κ1) is 29.3. The van der Waals surface area contributed by atoms with Crippen LogP contribution in [0.5, 0.6) is 0 Å². The molecule has 12 heteroatoms. The fourth-order valence-electron chi connectivity index (χ4n) is 3.41. The minimum absolute atomic E-state index is 0.145. The van der Waals surface area contributed by atoms with Crippen LogP contribution in [-0.2, 0) is 20.6 Å². The summed E-state index contributed by atoms with van der Waals surface area (Å²) in [4.78, 5) is 47.4. The number of nitrogens with zero attached hydrogens (tertiary/aromatic N) is 4. The average molecular weight is 544 g/mol. The zero-order valence-electron chi connectivity index (χ0n) is 23.1. The maximum atomic E-state index is 13.6. The van der Waals surface area contributed by atoms with Gasteiger partial charge in [-0.3, -0.25) is 5.32 Å². The Labute approximate surface area is 226 Å². The predicted octanol–water partition coefficient (Wildman–Crippen LogP) is 5.38. The summed E-state index contributed by atoms with van der Waals surface area (Å²) in [6.07, 6.45) is 2.41. The normalized spacial score (nSPS) is 12.5. The van der Waals surface area contributed by atoms with Crippen molar-refractivity contribution < 1.29 is 33.0 Å². The van der Waals surface area contributed by atoms with Gasteiger partial charge < -0.3 is 19.1 Å². The van der Waals surface area contributed by atoms with Crippen LogP contribution < -0.4 is 5.32 Å². The van der Waals surface area contributed by atoms with Crippen molar-refractivity contribution in [2.75, 3.05) is 19.0 Å². The summed E-state index contributed by atoms with van der Waals surface area (Å²) in [5.74, 6) is -0.240. The van der Waals surface area contributed by atoms with Crippen LogP contribution >= 0.6 is 0 Å². The number of aromatic nitrogens is 3. The van der Waals surface area contributed by atoms with Gasteiger partial charge in [0, 0.05) is 31.2 Å². The van der Waals surface area contributed by atoms with Gasteiger partial charge in [0.15, 0.2) is 0 Å². The number of rotatable bonds is 6. The number of halogens is 1. The van der Waals surface area contributed by atoms with Gasteiger partial charge in [0.2, 0.25) is 0 Å². The summed E-state index contributed by atoms with van der Waals surface area (Å²) in [6, 6.07) is 5.07. The van der Waals surface area contributed by atoms with E-state index in [1.54, 1.807) is 47.6 Å².